The van der Waals surface area contributed by atoms with Crippen LogP contribution >= 0.6 is 0 Å². The quantitative estimate of drug-likeness (QED) is 0.701. The lowest BCUT2D eigenvalue weighted by Crippen LogP contribution is -2.35. The van der Waals surface area contributed by atoms with Crippen molar-refractivity contribution in [2.75, 3.05) is 0 Å². The van der Waals surface area contributed by atoms with E-state index < -0.39 is 0 Å². The molecule has 0 saturated carbocycles. The molecule has 1 N–H and O–H groups in total. The van der Waals surface area contributed by atoms with E-state index in [2.05, 4.69) is 43.4 Å². The summed E-state index contributed by atoms with van der Waals surface area (Å²) in [6, 6.07) is 9.87. The van der Waals surface area contributed by atoms with E-state index in [1.54, 1.807) is 0 Å². The maximum Gasteiger partial charge on any atom is 0.0365 e. The summed E-state index contributed by atoms with van der Waals surface area (Å²) in [5.41, 5.74) is 3.00. The third kappa shape index (κ3) is 1.25. The highest BCUT2D eigenvalue weighted by Crippen LogP contribution is 2.32. The zero-order chi connectivity index (χ0) is 8.55. The summed E-state index contributed by atoms with van der Waals surface area (Å²) in [6.45, 7) is 4.39. The summed E-state index contributed by atoms with van der Waals surface area (Å²) in [4.78, 5) is 0. The summed E-state index contributed by atoms with van der Waals surface area (Å²) < 4.78 is 0. The zero-order valence-electron chi connectivity index (χ0n) is 7.67. The van der Waals surface area contributed by atoms with Gasteiger partial charge in [0.15, 0.2) is 0 Å². The highest BCUT2D eigenvalue weighted by atomic mass is 14.9. The van der Waals surface area contributed by atoms with E-state index in [-0.39, 0.29) is 0 Å². The Hall–Kier alpha value is -0.820. The minimum Gasteiger partial charge on any atom is -0.307 e. The Morgan fingerprint density at radius 2 is 2.08 bits per heavy atom. The second-order valence-corrected chi connectivity index (χ2v) is 3.78. The Morgan fingerprint density at radius 3 is 2.75 bits per heavy atom. The van der Waals surface area contributed by atoms with Crippen molar-refractivity contribution in [3.05, 3.63) is 35.4 Å². The maximum atomic E-state index is 3.54. The molecule has 12 heavy (non-hydrogen) atoms. The van der Waals surface area contributed by atoms with Crippen LogP contribution in [0.25, 0.3) is 0 Å². The number of benzene rings is 1. The van der Waals surface area contributed by atoms with Crippen LogP contribution in [0.2, 0.25) is 0 Å². The van der Waals surface area contributed by atoms with Crippen LogP contribution in [0.15, 0.2) is 24.3 Å². The molecule has 2 rings (SSSR count). The Kier molecular flexibility index (Phi) is 1.89. The van der Waals surface area contributed by atoms with Gasteiger partial charge in [-0.15, -0.1) is 0 Å². The molecule has 0 bridgehead atoms. The van der Waals surface area contributed by atoms with Gasteiger partial charge in [0.25, 0.3) is 0 Å². The SMILES string of the molecule is CC(C)NC1Cc2ccccc21. The van der Waals surface area contributed by atoms with Crippen molar-refractivity contribution in [2.24, 2.45) is 0 Å². The third-order valence-electron chi connectivity index (χ3n) is 2.39. The first kappa shape index (κ1) is 7.81. The molecular weight excluding hydrogens is 146 g/mol. The van der Waals surface area contributed by atoms with Crippen molar-refractivity contribution in [1.29, 1.82) is 0 Å². The lowest BCUT2D eigenvalue weighted by atomic mass is 9.83. The molecule has 64 valence electrons. The normalized spacial score (nSPS) is 20.4. The summed E-state index contributed by atoms with van der Waals surface area (Å²) in [5.74, 6) is 0. The number of hydrogen-bond acceptors (Lipinski definition) is 1. The summed E-state index contributed by atoms with van der Waals surface area (Å²) in [6.07, 6.45) is 1.20. The fourth-order valence-corrected chi connectivity index (χ4v) is 1.81. The van der Waals surface area contributed by atoms with Gasteiger partial charge in [0.05, 0.1) is 0 Å². The molecule has 0 fully saturated rings. The summed E-state index contributed by atoms with van der Waals surface area (Å²) in [7, 11) is 0. The molecule has 0 saturated heterocycles. The van der Waals surface area contributed by atoms with E-state index >= 15 is 0 Å². The topological polar surface area (TPSA) is 12.0 Å². The van der Waals surface area contributed by atoms with E-state index in [1.165, 1.54) is 17.5 Å². The molecule has 1 aromatic carbocycles. The van der Waals surface area contributed by atoms with Crippen LogP contribution in [-0.2, 0) is 6.42 Å². The number of rotatable bonds is 2. The van der Waals surface area contributed by atoms with Gasteiger partial charge in [0, 0.05) is 12.1 Å². The van der Waals surface area contributed by atoms with Crippen LogP contribution in [0, 0.1) is 0 Å². The molecule has 1 aliphatic carbocycles. The summed E-state index contributed by atoms with van der Waals surface area (Å²) in [5, 5.41) is 3.54. The molecule has 1 heteroatoms. The lowest BCUT2D eigenvalue weighted by Gasteiger charge is -2.32. The molecular formula is C11H15N. The van der Waals surface area contributed by atoms with Crippen molar-refractivity contribution in [2.45, 2.75) is 32.4 Å². The van der Waals surface area contributed by atoms with Crippen LogP contribution < -0.4 is 5.32 Å². The number of hydrogen-bond donors (Lipinski definition) is 1. The van der Waals surface area contributed by atoms with Gasteiger partial charge in [0.1, 0.15) is 0 Å². The van der Waals surface area contributed by atoms with Crippen LogP contribution in [0.5, 0.6) is 0 Å². The van der Waals surface area contributed by atoms with E-state index in [1.807, 2.05) is 0 Å². The number of nitrogens with one attached hydrogen (secondary N) is 1. The van der Waals surface area contributed by atoms with Gasteiger partial charge in [-0.25, -0.2) is 0 Å². The van der Waals surface area contributed by atoms with E-state index in [9.17, 15) is 0 Å². The Bertz CT molecular complexity index is 278. The first-order valence-electron chi connectivity index (χ1n) is 4.61. The minimum absolute atomic E-state index is 0.586. The largest absolute Gasteiger partial charge is 0.307 e. The van der Waals surface area contributed by atoms with Gasteiger partial charge in [0.2, 0.25) is 0 Å². The predicted molar refractivity (Wildman–Crippen MR) is 51.2 cm³/mol. The third-order valence-corrected chi connectivity index (χ3v) is 2.39. The van der Waals surface area contributed by atoms with Crippen LogP contribution in [0.1, 0.15) is 31.0 Å². The van der Waals surface area contributed by atoms with Gasteiger partial charge in [-0.2, -0.15) is 0 Å². The molecule has 1 atom stereocenters. The molecule has 0 heterocycles. The van der Waals surface area contributed by atoms with Crippen molar-refractivity contribution in [3.63, 3.8) is 0 Å². The molecule has 0 spiro atoms. The molecule has 1 aromatic rings. The monoisotopic (exact) mass is 161 g/mol. The van der Waals surface area contributed by atoms with Crippen molar-refractivity contribution in [1.82, 2.24) is 5.32 Å². The first-order valence-corrected chi connectivity index (χ1v) is 4.61. The van der Waals surface area contributed by atoms with E-state index in [0.717, 1.165) is 0 Å². The minimum atomic E-state index is 0.586. The average Bonchev–Trinajstić information content (AvgIpc) is 2.00. The fraction of sp³-hybridized carbons (Fsp3) is 0.455. The van der Waals surface area contributed by atoms with E-state index in [0.29, 0.717) is 12.1 Å². The van der Waals surface area contributed by atoms with Gasteiger partial charge in [-0.05, 0) is 17.5 Å². The molecule has 0 aliphatic heterocycles. The van der Waals surface area contributed by atoms with E-state index in [4.69, 9.17) is 0 Å². The van der Waals surface area contributed by atoms with Crippen molar-refractivity contribution >= 4 is 0 Å². The lowest BCUT2D eigenvalue weighted by molar-refractivity contribution is 0.437. The van der Waals surface area contributed by atoms with Gasteiger partial charge >= 0.3 is 0 Å². The molecule has 1 unspecified atom stereocenters. The predicted octanol–water partition coefficient (Wildman–Crippen LogP) is 2.28. The van der Waals surface area contributed by atoms with Crippen LogP contribution in [0.3, 0.4) is 0 Å². The zero-order valence-corrected chi connectivity index (χ0v) is 7.67. The average molecular weight is 161 g/mol. The fourth-order valence-electron chi connectivity index (χ4n) is 1.81. The first-order chi connectivity index (χ1) is 5.77. The molecule has 1 aliphatic rings. The highest BCUT2D eigenvalue weighted by molar-refractivity contribution is 5.39. The van der Waals surface area contributed by atoms with Crippen molar-refractivity contribution < 1.29 is 0 Å². The highest BCUT2D eigenvalue weighted by Gasteiger charge is 2.24. The van der Waals surface area contributed by atoms with Crippen molar-refractivity contribution in [3.8, 4) is 0 Å². The maximum absolute atomic E-state index is 3.54. The number of fused-ring (bicyclic) bond motifs is 1. The van der Waals surface area contributed by atoms with Gasteiger partial charge < -0.3 is 5.32 Å². The second-order valence-electron chi connectivity index (χ2n) is 3.78. The van der Waals surface area contributed by atoms with Gasteiger partial charge in [-0.1, -0.05) is 38.1 Å². The Morgan fingerprint density at radius 1 is 1.33 bits per heavy atom. The molecule has 0 aromatic heterocycles. The molecule has 0 radical (unpaired) electrons. The summed E-state index contributed by atoms with van der Waals surface area (Å²) >= 11 is 0. The standard InChI is InChI=1S/C11H15N/c1-8(2)12-11-7-9-5-3-4-6-10(9)11/h3-6,8,11-12H,7H2,1-2H3. The molecule has 0 amide bonds. The van der Waals surface area contributed by atoms with Crippen LogP contribution in [-0.4, -0.2) is 6.04 Å². The Labute approximate surface area is 73.8 Å². The second kappa shape index (κ2) is 2.91. The van der Waals surface area contributed by atoms with Crippen LogP contribution in [0.4, 0.5) is 0 Å². The molecule has 1 nitrogen and oxygen atoms in total. The van der Waals surface area contributed by atoms with Gasteiger partial charge in [-0.3, -0.25) is 0 Å². The Balaban J connectivity index is 2.10. The smallest absolute Gasteiger partial charge is 0.0365 e.